The van der Waals surface area contributed by atoms with Crippen LogP contribution in [0.3, 0.4) is 0 Å². The minimum absolute atomic E-state index is 0.00961. The Bertz CT molecular complexity index is 1210. The summed E-state index contributed by atoms with van der Waals surface area (Å²) in [4.78, 5) is 2.34. The van der Waals surface area contributed by atoms with Crippen molar-refractivity contribution in [3.05, 3.63) is 42.5 Å². The zero-order valence-electron chi connectivity index (χ0n) is 22.3. The molecule has 3 heterocycles. The minimum Gasteiger partial charge on any atom is -0.507 e. The number of aromatic nitrogens is 2. The number of benzene rings is 2. The van der Waals surface area contributed by atoms with E-state index in [1.165, 1.54) is 0 Å². The van der Waals surface area contributed by atoms with Crippen LogP contribution in [0.4, 0.5) is 0 Å². The van der Waals surface area contributed by atoms with Crippen LogP contribution in [-0.4, -0.2) is 76.8 Å². The highest BCUT2D eigenvalue weighted by Gasteiger charge is 2.38. The number of nitrogens with one attached hydrogen (secondary N) is 1. The molecule has 0 atom stereocenters. The van der Waals surface area contributed by atoms with Gasteiger partial charge >= 0.3 is 0 Å². The maximum absolute atomic E-state index is 10.8. The number of ether oxygens (including phenoxy) is 3. The number of hydrogen-bond donors (Lipinski definition) is 2. The van der Waals surface area contributed by atoms with Crippen LogP contribution in [0, 0.1) is 0 Å². The molecule has 8 heteroatoms. The average Bonchev–Trinajstić information content (AvgIpc) is 2.83. The zero-order chi connectivity index (χ0) is 26.0. The Morgan fingerprint density at radius 1 is 0.973 bits per heavy atom. The second-order valence-electron chi connectivity index (χ2n) is 11.5. The average molecular weight is 507 g/mol. The molecule has 0 amide bonds. The molecule has 1 aromatic heterocycles. The van der Waals surface area contributed by atoms with Crippen LogP contribution in [0.2, 0.25) is 0 Å². The lowest BCUT2D eigenvalue weighted by Crippen LogP contribution is -2.60. The fraction of sp³-hybridized carbons (Fsp3) is 0.517. The molecule has 0 bridgehead atoms. The number of fused-ring (bicyclic) bond motifs is 1. The van der Waals surface area contributed by atoms with Crippen LogP contribution >= 0.6 is 0 Å². The van der Waals surface area contributed by atoms with Crippen molar-refractivity contribution in [1.82, 2.24) is 20.4 Å². The van der Waals surface area contributed by atoms with Gasteiger partial charge in [-0.05, 0) is 68.8 Å². The van der Waals surface area contributed by atoms with E-state index in [2.05, 4.69) is 48.1 Å². The second kappa shape index (κ2) is 10.4. The van der Waals surface area contributed by atoms with E-state index in [-0.39, 0.29) is 22.9 Å². The molecule has 37 heavy (non-hydrogen) atoms. The lowest BCUT2D eigenvalue weighted by molar-refractivity contribution is 0.0322. The van der Waals surface area contributed by atoms with Crippen LogP contribution in [0.15, 0.2) is 42.5 Å². The standard InChI is InChI=1S/C29H38N4O4/c1-28(2)18-23(19-29(3,4)32-28)37-27-8-7-25(30-31-27)24-16-20-5-6-22(15-21(20)17-26(24)34)36-14-11-33-9-12-35-13-10-33/h5-8,15-17,23,32,34H,9-14,18-19H2,1-4H3. The molecule has 2 fully saturated rings. The van der Waals surface area contributed by atoms with E-state index < -0.39 is 0 Å². The Balaban J connectivity index is 1.25. The Kier molecular flexibility index (Phi) is 7.25. The van der Waals surface area contributed by atoms with Gasteiger partial charge in [-0.3, -0.25) is 4.90 Å². The number of nitrogens with zero attached hydrogens (tertiary/aromatic N) is 3. The van der Waals surface area contributed by atoms with Gasteiger partial charge in [0, 0.05) is 55.2 Å². The van der Waals surface area contributed by atoms with Crippen molar-refractivity contribution in [3.8, 4) is 28.6 Å². The second-order valence-corrected chi connectivity index (χ2v) is 11.5. The van der Waals surface area contributed by atoms with Gasteiger partial charge in [0.05, 0.1) is 18.9 Å². The number of hydrogen-bond acceptors (Lipinski definition) is 8. The lowest BCUT2D eigenvalue weighted by Gasteiger charge is -2.46. The molecule has 0 radical (unpaired) electrons. The summed E-state index contributed by atoms with van der Waals surface area (Å²) >= 11 is 0. The van der Waals surface area contributed by atoms with Gasteiger partial charge in [-0.2, -0.15) is 0 Å². The van der Waals surface area contributed by atoms with Gasteiger partial charge in [-0.15, -0.1) is 10.2 Å². The molecule has 0 spiro atoms. The first-order chi connectivity index (χ1) is 17.7. The molecule has 5 rings (SSSR count). The summed E-state index contributed by atoms with van der Waals surface area (Å²) in [5.41, 5.74) is 1.22. The molecule has 2 aliphatic rings. The topological polar surface area (TPSA) is 89.0 Å². The van der Waals surface area contributed by atoms with Gasteiger partial charge in [-0.1, -0.05) is 6.07 Å². The van der Waals surface area contributed by atoms with Crippen molar-refractivity contribution in [2.24, 2.45) is 0 Å². The maximum Gasteiger partial charge on any atom is 0.233 e. The molecule has 8 nitrogen and oxygen atoms in total. The van der Waals surface area contributed by atoms with Crippen molar-refractivity contribution < 1.29 is 19.3 Å². The summed E-state index contributed by atoms with van der Waals surface area (Å²) in [6.45, 7) is 13.7. The summed E-state index contributed by atoms with van der Waals surface area (Å²) in [5.74, 6) is 1.45. The summed E-state index contributed by atoms with van der Waals surface area (Å²) in [6.07, 6.45) is 1.85. The Labute approximate surface area is 218 Å². The highest BCUT2D eigenvalue weighted by Crippen LogP contribution is 2.35. The van der Waals surface area contributed by atoms with Crippen molar-refractivity contribution in [2.75, 3.05) is 39.5 Å². The summed E-state index contributed by atoms with van der Waals surface area (Å²) in [7, 11) is 0. The van der Waals surface area contributed by atoms with Crippen molar-refractivity contribution in [1.29, 1.82) is 0 Å². The predicted octanol–water partition coefficient (Wildman–Crippen LogP) is 4.40. The highest BCUT2D eigenvalue weighted by atomic mass is 16.5. The van der Waals surface area contributed by atoms with Gasteiger partial charge in [0.2, 0.25) is 5.88 Å². The first-order valence-corrected chi connectivity index (χ1v) is 13.2. The van der Waals surface area contributed by atoms with Crippen molar-refractivity contribution in [2.45, 2.75) is 57.7 Å². The molecule has 198 valence electrons. The summed E-state index contributed by atoms with van der Waals surface area (Å²) in [6, 6.07) is 13.3. The highest BCUT2D eigenvalue weighted by molar-refractivity contribution is 5.90. The van der Waals surface area contributed by atoms with Gasteiger partial charge in [-0.25, -0.2) is 0 Å². The number of piperidine rings is 1. The zero-order valence-corrected chi connectivity index (χ0v) is 22.3. The van der Waals surface area contributed by atoms with E-state index in [9.17, 15) is 5.11 Å². The van der Waals surface area contributed by atoms with E-state index in [1.807, 2.05) is 36.4 Å². The Morgan fingerprint density at radius 2 is 1.73 bits per heavy atom. The largest absolute Gasteiger partial charge is 0.507 e. The van der Waals surface area contributed by atoms with E-state index >= 15 is 0 Å². The molecule has 2 aliphatic heterocycles. The molecular formula is C29H38N4O4. The molecule has 0 saturated carbocycles. The number of rotatable bonds is 7. The summed E-state index contributed by atoms with van der Waals surface area (Å²) < 4.78 is 17.6. The van der Waals surface area contributed by atoms with Gasteiger partial charge in [0.15, 0.2) is 0 Å². The minimum atomic E-state index is -0.00961. The molecule has 0 unspecified atom stereocenters. The SMILES string of the molecule is CC1(C)CC(Oc2ccc(-c3cc4ccc(OCCN5CCOCC5)cc4cc3O)nn2)CC(C)(C)N1. The fourth-order valence-corrected chi connectivity index (χ4v) is 5.69. The van der Waals surface area contributed by atoms with Crippen LogP contribution in [0.5, 0.6) is 17.4 Å². The molecule has 2 aromatic carbocycles. The van der Waals surface area contributed by atoms with Gasteiger partial charge in [0.1, 0.15) is 24.2 Å². The first kappa shape index (κ1) is 25.7. The van der Waals surface area contributed by atoms with Crippen LogP contribution < -0.4 is 14.8 Å². The van der Waals surface area contributed by atoms with E-state index in [1.54, 1.807) is 6.07 Å². The lowest BCUT2D eigenvalue weighted by atomic mass is 9.81. The molecular weight excluding hydrogens is 468 g/mol. The van der Waals surface area contributed by atoms with Crippen LogP contribution in [-0.2, 0) is 4.74 Å². The molecule has 2 saturated heterocycles. The van der Waals surface area contributed by atoms with Gasteiger partial charge in [0.25, 0.3) is 0 Å². The molecule has 2 N–H and O–H groups in total. The molecule has 0 aliphatic carbocycles. The Morgan fingerprint density at radius 3 is 2.43 bits per heavy atom. The van der Waals surface area contributed by atoms with E-state index in [4.69, 9.17) is 14.2 Å². The Hall–Kier alpha value is -2.94. The third-order valence-corrected chi connectivity index (χ3v) is 7.06. The third-order valence-electron chi connectivity index (χ3n) is 7.06. The van der Waals surface area contributed by atoms with Crippen LogP contribution in [0.1, 0.15) is 40.5 Å². The first-order valence-electron chi connectivity index (χ1n) is 13.2. The third kappa shape index (κ3) is 6.50. The van der Waals surface area contributed by atoms with Gasteiger partial charge < -0.3 is 24.6 Å². The quantitative estimate of drug-likeness (QED) is 0.488. The van der Waals surface area contributed by atoms with E-state index in [0.29, 0.717) is 23.7 Å². The smallest absolute Gasteiger partial charge is 0.233 e. The van der Waals surface area contributed by atoms with Crippen molar-refractivity contribution in [3.63, 3.8) is 0 Å². The van der Waals surface area contributed by atoms with Crippen LogP contribution in [0.25, 0.3) is 22.0 Å². The van der Waals surface area contributed by atoms with E-state index in [0.717, 1.165) is 62.2 Å². The monoisotopic (exact) mass is 506 g/mol. The molecule has 3 aromatic rings. The number of aromatic hydroxyl groups is 1. The fourth-order valence-electron chi connectivity index (χ4n) is 5.69. The van der Waals surface area contributed by atoms with Crippen molar-refractivity contribution >= 4 is 10.8 Å². The number of phenols is 1. The predicted molar refractivity (Wildman–Crippen MR) is 144 cm³/mol. The summed E-state index contributed by atoms with van der Waals surface area (Å²) in [5, 5.41) is 25.0. The number of phenolic OH excluding ortho intramolecular Hbond substituents is 1. The maximum atomic E-state index is 10.8. The normalized spacial score (nSPS) is 20.1. The number of morpholine rings is 1.